The zero-order valence-electron chi connectivity index (χ0n) is 34.3. The van der Waals surface area contributed by atoms with Crippen LogP contribution in [0.5, 0.6) is 0 Å². The molecule has 8 amide bonds. The van der Waals surface area contributed by atoms with Gasteiger partial charge in [0.25, 0.3) is 0 Å². The number of hydrogen-bond donors (Lipinski definition) is 12. The molecule has 1 saturated heterocycles. The van der Waals surface area contributed by atoms with Gasteiger partial charge < -0.3 is 67.5 Å². The van der Waals surface area contributed by atoms with Crippen LogP contribution in [0, 0.1) is 11.8 Å². The minimum Gasteiger partial charge on any atom is -0.481 e. The fourth-order valence-corrected chi connectivity index (χ4v) is 8.61. The van der Waals surface area contributed by atoms with Crippen molar-refractivity contribution < 1.29 is 63.6 Å². The fraction of sp³-hybridized carbons (Fsp3) is 0.564. The third-order valence-corrected chi connectivity index (χ3v) is 12.4. The van der Waals surface area contributed by atoms with Gasteiger partial charge in [-0.05, 0) is 17.5 Å². The van der Waals surface area contributed by atoms with E-state index in [1.165, 1.54) is 6.92 Å². The largest absolute Gasteiger partial charge is 0.481 e. The average molecular weight is 888 g/mol. The second-order valence-electron chi connectivity index (χ2n) is 15.7. The molecule has 10 atom stereocenters. The summed E-state index contributed by atoms with van der Waals surface area (Å²) in [5.41, 5.74) is 1.00. The molecule has 22 nitrogen and oxygen atoms in total. The lowest BCUT2D eigenvalue weighted by Crippen LogP contribution is -2.62. The third kappa shape index (κ3) is 11.4. The van der Waals surface area contributed by atoms with Crippen LogP contribution in [0.15, 0.2) is 29.3 Å². The number of fused-ring (bicyclic) bond motifs is 5. The minimum absolute atomic E-state index is 0.276. The van der Waals surface area contributed by atoms with E-state index in [1.807, 2.05) is 0 Å². The Hall–Kier alpha value is -5.78. The molecular weight excluding hydrogens is 835 g/mol. The summed E-state index contributed by atoms with van der Waals surface area (Å²) in [6, 6.07) is -2.39. The minimum atomic E-state index is -1.84. The quantitative estimate of drug-likeness (QED) is 0.126. The number of para-hydroxylation sites is 1. The number of aliphatic hydroxyl groups excluding tert-OH is 3. The second-order valence-corrected chi connectivity index (χ2v) is 16.7. The van der Waals surface area contributed by atoms with E-state index >= 15 is 0 Å². The summed E-state index contributed by atoms with van der Waals surface area (Å²) in [4.78, 5) is 127. The monoisotopic (exact) mass is 887 g/mol. The number of benzene rings is 1. The van der Waals surface area contributed by atoms with Crippen molar-refractivity contribution in [2.24, 2.45) is 11.8 Å². The second kappa shape index (κ2) is 20.9. The normalized spacial score (nSPS) is 27.8. The Bertz CT molecular complexity index is 2070. The molecule has 2 aromatic rings. The summed E-state index contributed by atoms with van der Waals surface area (Å²) in [5.74, 6) is -11.0. The third-order valence-electron chi connectivity index (χ3n) is 11.3. The Morgan fingerprint density at radius 3 is 2.19 bits per heavy atom. The number of thioether (sulfide) groups is 1. The smallest absolute Gasteiger partial charge is 0.305 e. The summed E-state index contributed by atoms with van der Waals surface area (Å²) in [6.45, 7) is 2.12. The average Bonchev–Trinajstić information content (AvgIpc) is 3.81. The summed E-state index contributed by atoms with van der Waals surface area (Å²) in [6.07, 6.45) is -4.15. The van der Waals surface area contributed by atoms with E-state index in [0.29, 0.717) is 27.9 Å². The number of aliphatic hydroxyl groups is 3. The van der Waals surface area contributed by atoms with Crippen molar-refractivity contribution >= 4 is 75.9 Å². The van der Waals surface area contributed by atoms with Gasteiger partial charge in [0.1, 0.15) is 36.3 Å². The van der Waals surface area contributed by atoms with Crippen LogP contribution in [-0.2, 0) is 49.6 Å². The highest BCUT2D eigenvalue weighted by Gasteiger charge is 2.45. The Kier molecular flexibility index (Phi) is 15.9. The van der Waals surface area contributed by atoms with E-state index < -0.39 is 146 Å². The van der Waals surface area contributed by atoms with Crippen molar-refractivity contribution in [1.82, 2.24) is 47.1 Å². The summed E-state index contributed by atoms with van der Waals surface area (Å²) >= 11 is 1.00. The number of aromatic nitrogens is 1. The number of aromatic amines is 1. The molecule has 2 bridgehead atoms. The van der Waals surface area contributed by atoms with Crippen LogP contribution in [0.4, 0.5) is 0 Å². The highest BCUT2D eigenvalue weighted by Crippen LogP contribution is 2.32. The number of aliphatic carboxylic acids is 1. The molecule has 338 valence electrons. The predicted molar refractivity (Wildman–Crippen MR) is 218 cm³/mol. The Balaban J connectivity index is 1.69. The van der Waals surface area contributed by atoms with Crippen molar-refractivity contribution in [3.05, 3.63) is 29.8 Å². The molecule has 1 fully saturated rings. The van der Waals surface area contributed by atoms with Crippen molar-refractivity contribution in [1.29, 1.82) is 0 Å². The van der Waals surface area contributed by atoms with E-state index in [9.17, 15) is 63.6 Å². The van der Waals surface area contributed by atoms with Crippen LogP contribution in [0.3, 0.4) is 0 Å². The molecule has 3 aliphatic rings. The first-order valence-electron chi connectivity index (χ1n) is 20.2. The maximum Gasteiger partial charge on any atom is 0.305 e. The number of rotatable bonds is 7. The van der Waals surface area contributed by atoms with Crippen LogP contribution < -0.4 is 37.2 Å². The van der Waals surface area contributed by atoms with Gasteiger partial charge in [-0.25, -0.2) is 0 Å². The van der Waals surface area contributed by atoms with E-state index in [4.69, 9.17) is 0 Å². The molecule has 1 aromatic carbocycles. The topological polar surface area (TPSA) is 338 Å². The number of carbonyl (C=O) groups is 9. The lowest BCUT2D eigenvalue weighted by atomic mass is 9.93. The van der Waals surface area contributed by atoms with Crippen LogP contribution in [-0.4, -0.2) is 164 Å². The highest BCUT2D eigenvalue weighted by molar-refractivity contribution is 7.99. The first-order chi connectivity index (χ1) is 29.4. The molecule has 23 heteroatoms. The van der Waals surface area contributed by atoms with Crippen LogP contribution in [0.1, 0.15) is 45.6 Å². The molecule has 1 aromatic heterocycles. The summed E-state index contributed by atoms with van der Waals surface area (Å²) < 4.78 is 0. The molecule has 3 aliphatic heterocycles. The zero-order chi connectivity index (χ0) is 45.4. The SMILES string of the molecule is CC[C@H](C)[C@@H]1NC(=O)CNC(=O)[C@H]2Cc3c([nH]c4ccccc34)SCC(NC(=O)CNC1=O)C(=O)NC(CC(=O)O)C(=O)N1C[C@H](O)C[C@H]1C(=O)N[C@@H]([C@@H](C)[C@H](O)CO)C(=O)N2. The maximum absolute atomic E-state index is 14.4. The maximum atomic E-state index is 14.4. The zero-order valence-corrected chi connectivity index (χ0v) is 35.1. The van der Waals surface area contributed by atoms with Crippen LogP contribution >= 0.6 is 11.8 Å². The number of hydrogen-bond acceptors (Lipinski definition) is 13. The molecule has 0 radical (unpaired) electrons. The number of nitrogens with one attached hydrogen (secondary N) is 8. The fourth-order valence-electron chi connectivity index (χ4n) is 7.49. The number of amides is 8. The lowest BCUT2D eigenvalue weighted by Gasteiger charge is -2.32. The summed E-state index contributed by atoms with van der Waals surface area (Å²) in [5, 5.41) is 59.5. The Labute approximate surface area is 359 Å². The summed E-state index contributed by atoms with van der Waals surface area (Å²) in [7, 11) is 0. The van der Waals surface area contributed by atoms with Crippen molar-refractivity contribution in [3.63, 3.8) is 0 Å². The molecule has 4 heterocycles. The van der Waals surface area contributed by atoms with Gasteiger partial charge in [0.05, 0.1) is 43.4 Å². The van der Waals surface area contributed by atoms with Gasteiger partial charge in [0.15, 0.2) is 0 Å². The first-order valence-corrected chi connectivity index (χ1v) is 21.2. The van der Waals surface area contributed by atoms with Crippen molar-refractivity contribution in [2.45, 2.75) is 99.9 Å². The van der Waals surface area contributed by atoms with Gasteiger partial charge in [-0.1, -0.05) is 45.4 Å². The standard InChI is InChI=1S/C39H53N9O13S/c1-4-17(2)31-36(59)41-12-28(52)42-25-16-62-38-21(20-7-5-6-8-22(20)45-38)10-23(33(56)40-13-29(53)46-31)43-37(60)32(18(3)27(51)15-49)47-35(58)26-9-19(50)14-48(26)39(61)24(11-30(54)55)44-34(25)57/h5-8,17-19,23-27,31-32,45,49-51H,4,9-16H2,1-3H3,(H,40,56)(H,41,59)(H,42,52)(H,43,60)(H,44,57)(H,46,53)(H,47,58)(H,54,55)/t17-,18-,19+,23+,24?,25?,26-,27+,31-,32-/m0/s1. The molecule has 0 saturated carbocycles. The number of H-pyrrole nitrogens is 1. The number of nitrogens with zero attached hydrogens (tertiary/aromatic N) is 1. The molecule has 2 unspecified atom stereocenters. The van der Waals surface area contributed by atoms with Gasteiger partial charge >= 0.3 is 5.97 Å². The number of carboxylic acid groups (broad SMARTS) is 1. The van der Waals surface area contributed by atoms with Gasteiger partial charge in [-0.15, -0.1) is 11.8 Å². The van der Waals surface area contributed by atoms with Crippen molar-refractivity contribution in [2.75, 3.05) is 32.0 Å². The van der Waals surface area contributed by atoms with Crippen molar-refractivity contribution in [3.8, 4) is 0 Å². The molecular formula is C39H53N9O13S. The van der Waals surface area contributed by atoms with Gasteiger partial charge in [-0.2, -0.15) is 0 Å². The number of carboxylic acids is 1. The molecule has 62 heavy (non-hydrogen) atoms. The Morgan fingerprint density at radius 1 is 0.839 bits per heavy atom. The first kappa shape index (κ1) is 47.3. The molecule has 5 rings (SSSR count). The van der Waals surface area contributed by atoms with Crippen LogP contribution in [0.2, 0.25) is 0 Å². The number of carbonyl (C=O) groups excluding carboxylic acids is 8. The van der Waals surface area contributed by atoms with E-state index in [2.05, 4.69) is 42.2 Å². The lowest BCUT2D eigenvalue weighted by molar-refractivity contribution is -0.146. The predicted octanol–water partition coefficient (Wildman–Crippen LogP) is -4.04. The molecule has 12 N–H and O–H groups in total. The van der Waals surface area contributed by atoms with Crippen LogP contribution in [0.25, 0.3) is 10.9 Å². The van der Waals surface area contributed by atoms with E-state index in [0.717, 1.165) is 16.7 Å². The van der Waals surface area contributed by atoms with Gasteiger partial charge in [0.2, 0.25) is 47.3 Å². The van der Waals surface area contributed by atoms with E-state index in [-0.39, 0.29) is 18.6 Å². The highest BCUT2D eigenvalue weighted by atomic mass is 32.2. The van der Waals surface area contributed by atoms with E-state index in [1.54, 1.807) is 38.1 Å². The van der Waals surface area contributed by atoms with Gasteiger partial charge in [0, 0.05) is 42.0 Å². The Morgan fingerprint density at radius 2 is 1.52 bits per heavy atom. The van der Waals surface area contributed by atoms with Gasteiger partial charge in [-0.3, -0.25) is 43.2 Å². The molecule has 0 aliphatic carbocycles. The molecule has 0 spiro atoms.